The van der Waals surface area contributed by atoms with Crippen molar-refractivity contribution in [2.45, 2.75) is 57.9 Å². The van der Waals surface area contributed by atoms with Gasteiger partial charge in [0.15, 0.2) is 11.6 Å². The molecular weight excluding hydrogens is 408 g/mol. The number of aromatic nitrogens is 3. The van der Waals surface area contributed by atoms with Crippen LogP contribution in [0.1, 0.15) is 52.4 Å². The third kappa shape index (κ3) is 3.68. The minimum atomic E-state index is 0.0830. The van der Waals surface area contributed by atoms with Crippen molar-refractivity contribution in [3.05, 3.63) is 54.6 Å². The molecule has 4 fully saturated rings. The van der Waals surface area contributed by atoms with E-state index >= 15 is 0 Å². The summed E-state index contributed by atoms with van der Waals surface area (Å²) in [6.45, 7) is 5.01. The van der Waals surface area contributed by atoms with E-state index in [1.54, 1.807) is 7.11 Å². The van der Waals surface area contributed by atoms with Crippen LogP contribution in [0.25, 0.3) is 22.6 Å². The van der Waals surface area contributed by atoms with Crippen molar-refractivity contribution >= 4 is 5.82 Å². The largest absolute Gasteiger partial charge is 0.497 e. The molecule has 0 amide bonds. The van der Waals surface area contributed by atoms with Crippen LogP contribution < -0.4 is 10.1 Å². The van der Waals surface area contributed by atoms with E-state index in [0.717, 1.165) is 34.3 Å². The van der Waals surface area contributed by atoms with Gasteiger partial charge in [-0.05, 0) is 79.5 Å². The van der Waals surface area contributed by atoms with Gasteiger partial charge in [0.25, 0.3) is 0 Å². The van der Waals surface area contributed by atoms with Crippen LogP contribution in [0.2, 0.25) is 0 Å². The first-order valence-electron chi connectivity index (χ1n) is 12.1. The topological polar surface area (TPSA) is 59.9 Å². The molecule has 0 aliphatic heterocycles. The zero-order valence-electron chi connectivity index (χ0n) is 19.8. The van der Waals surface area contributed by atoms with Crippen LogP contribution in [-0.4, -0.2) is 27.8 Å². The zero-order chi connectivity index (χ0) is 22.7. The van der Waals surface area contributed by atoms with E-state index in [0.29, 0.717) is 16.7 Å². The Balaban J connectivity index is 1.42. The van der Waals surface area contributed by atoms with Crippen LogP contribution in [0.3, 0.4) is 0 Å². The SMILES string of the molecule is COc1ccc(-c2nnc(-c3ccccc3)c(NC34CC5CC(C)(CC(C)(C5)C3)C4)n2)cc1. The maximum atomic E-state index is 5.31. The third-order valence-electron chi connectivity index (χ3n) is 8.09. The lowest BCUT2D eigenvalue weighted by Gasteiger charge is -2.65. The molecule has 0 saturated heterocycles. The molecule has 170 valence electrons. The fraction of sp³-hybridized carbons (Fsp3) is 0.464. The molecule has 0 radical (unpaired) electrons. The maximum absolute atomic E-state index is 5.31. The predicted molar refractivity (Wildman–Crippen MR) is 131 cm³/mol. The highest BCUT2D eigenvalue weighted by molar-refractivity contribution is 5.73. The second kappa shape index (κ2) is 7.28. The molecule has 1 heterocycles. The van der Waals surface area contributed by atoms with Gasteiger partial charge in [-0.25, -0.2) is 4.98 Å². The summed E-state index contributed by atoms with van der Waals surface area (Å²) in [4.78, 5) is 5.07. The number of ether oxygens (including phenoxy) is 1. The molecule has 0 spiro atoms. The Kier molecular flexibility index (Phi) is 4.55. The Bertz CT molecular complexity index is 1160. The average molecular weight is 441 g/mol. The van der Waals surface area contributed by atoms with Gasteiger partial charge in [-0.3, -0.25) is 0 Å². The number of hydrogen-bond donors (Lipinski definition) is 1. The highest BCUT2D eigenvalue weighted by Gasteiger charge is 2.60. The van der Waals surface area contributed by atoms with E-state index in [-0.39, 0.29) is 5.54 Å². The molecule has 3 aromatic rings. The van der Waals surface area contributed by atoms with Crippen molar-refractivity contribution in [2.24, 2.45) is 16.7 Å². The summed E-state index contributed by atoms with van der Waals surface area (Å²) in [6.07, 6.45) is 7.75. The van der Waals surface area contributed by atoms with Gasteiger partial charge in [0.05, 0.1) is 7.11 Å². The van der Waals surface area contributed by atoms with Gasteiger partial charge in [-0.15, -0.1) is 10.2 Å². The Hall–Kier alpha value is -2.95. The van der Waals surface area contributed by atoms with Crippen LogP contribution in [0.4, 0.5) is 5.82 Å². The number of hydrogen-bond acceptors (Lipinski definition) is 5. The molecule has 5 heteroatoms. The zero-order valence-corrected chi connectivity index (χ0v) is 19.8. The molecule has 4 aliphatic carbocycles. The Morgan fingerprint density at radius 3 is 2.15 bits per heavy atom. The van der Waals surface area contributed by atoms with E-state index < -0.39 is 0 Å². The van der Waals surface area contributed by atoms with Gasteiger partial charge < -0.3 is 10.1 Å². The first kappa shape index (κ1) is 20.6. The minimum Gasteiger partial charge on any atom is -0.497 e. The lowest BCUT2D eigenvalue weighted by atomic mass is 9.43. The van der Waals surface area contributed by atoms with Crippen molar-refractivity contribution < 1.29 is 4.74 Å². The molecular formula is C28H32N4O. The molecule has 4 saturated carbocycles. The van der Waals surface area contributed by atoms with Gasteiger partial charge in [-0.1, -0.05) is 44.2 Å². The summed E-state index contributed by atoms with van der Waals surface area (Å²) in [5.41, 5.74) is 3.75. The Morgan fingerprint density at radius 1 is 0.818 bits per heavy atom. The number of anilines is 1. The van der Waals surface area contributed by atoms with Gasteiger partial charge in [0, 0.05) is 16.7 Å². The normalized spacial score (nSPS) is 32.0. The van der Waals surface area contributed by atoms with Crippen molar-refractivity contribution in [1.29, 1.82) is 0 Å². The molecule has 33 heavy (non-hydrogen) atoms. The highest BCUT2D eigenvalue weighted by Crippen LogP contribution is 2.67. The van der Waals surface area contributed by atoms with Crippen LogP contribution in [0.5, 0.6) is 5.75 Å². The molecule has 1 N–H and O–H groups in total. The first-order chi connectivity index (χ1) is 15.9. The van der Waals surface area contributed by atoms with E-state index in [1.807, 2.05) is 42.5 Å². The van der Waals surface area contributed by atoms with E-state index in [4.69, 9.17) is 14.8 Å². The molecule has 4 aliphatic rings. The summed E-state index contributed by atoms with van der Waals surface area (Å²) >= 11 is 0. The van der Waals surface area contributed by atoms with Crippen LogP contribution in [0, 0.1) is 16.7 Å². The van der Waals surface area contributed by atoms with Crippen LogP contribution in [0.15, 0.2) is 54.6 Å². The number of rotatable bonds is 5. The number of nitrogens with one attached hydrogen (secondary N) is 1. The summed E-state index contributed by atoms with van der Waals surface area (Å²) in [5.74, 6) is 3.12. The van der Waals surface area contributed by atoms with Crippen molar-refractivity contribution in [3.8, 4) is 28.4 Å². The number of benzene rings is 2. The predicted octanol–water partition coefficient (Wildman–Crippen LogP) is 6.38. The fourth-order valence-corrected chi connectivity index (χ4v) is 7.90. The third-order valence-corrected chi connectivity index (χ3v) is 8.09. The van der Waals surface area contributed by atoms with Crippen molar-refractivity contribution in [1.82, 2.24) is 15.2 Å². The lowest BCUT2D eigenvalue weighted by molar-refractivity contribution is -0.0973. The fourth-order valence-electron chi connectivity index (χ4n) is 7.90. The molecule has 7 rings (SSSR count). The summed E-state index contributed by atoms with van der Waals surface area (Å²) < 4.78 is 5.31. The Morgan fingerprint density at radius 2 is 1.52 bits per heavy atom. The van der Waals surface area contributed by atoms with E-state index in [9.17, 15) is 0 Å². The first-order valence-corrected chi connectivity index (χ1v) is 12.1. The maximum Gasteiger partial charge on any atom is 0.183 e. The van der Waals surface area contributed by atoms with Crippen LogP contribution >= 0.6 is 0 Å². The van der Waals surface area contributed by atoms with Gasteiger partial charge in [0.2, 0.25) is 0 Å². The second-order valence-corrected chi connectivity index (χ2v) is 11.5. The quantitative estimate of drug-likeness (QED) is 0.499. The Labute approximate surface area is 196 Å². The molecule has 2 aromatic carbocycles. The van der Waals surface area contributed by atoms with E-state index in [1.165, 1.54) is 38.5 Å². The summed E-state index contributed by atoms with van der Waals surface area (Å²) in [7, 11) is 1.68. The molecule has 2 atom stereocenters. The number of methoxy groups -OCH3 is 1. The molecule has 2 unspecified atom stereocenters. The van der Waals surface area contributed by atoms with Gasteiger partial charge in [0.1, 0.15) is 11.4 Å². The smallest absolute Gasteiger partial charge is 0.183 e. The highest BCUT2D eigenvalue weighted by atomic mass is 16.5. The summed E-state index contributed by atoms with van der Waals surface area (Å²) in [6, 6.07) is 18.2. The summed E-state index contributed by atoms with van der Waals surface area (Å²) in [5, 5.41) is 13.2. The molecule has 1 aromatic heterocycles. The number of nitrogens with zero attached hydrogens (tertiary/aromatic N) is 3. The van der Waals surface area contributed by atoms with E-state index in [2.05, 4.69) is 36.4 Å². The van der Waals surface area contributed by atoms with Crippen molar-refractivity contribution in [3.63, 3.8) is 0 Å². The monoisotopic (exact) mass is 440 g/mol. The van der Waals surface area contributed by atoms with Crippen molar-refractivity contribution in [2.75, 3.05) is 12.4 Å². The second-order valence-electron chi connectivity index (χ2n) is 11.5. The average Bonchev–Trinajstić information content (AvgIpc) is 2.77. The van der Waals surface area contributed by atoms with Gasteiger partial charge in [-0.2, -0.15) is 0 Å². The van der Waals surface area contributed by atoms with Gasteiger partial charge >= 0.3 is 0 Å². The molecule has 4 bridgehead atoms. The van der Waals surface area contributed by atoms with Crippen LogP contribution in [-0.2, 0) is 0 Å². The standard InChI is InChI=1S/C28H32N4O/c1-26-13-19-14-27(2,16-26)18-28(15-19,17-26)30-25-23(20-7-5-4-6-8-20)31-32-24(29-25)21-9-11-22(33-3)12-10-21/h4-12,19H,13-18H2,1-3H3,(H,29,30,32). The lowest BCUT2D eigenvalue weighted by Crippen LogP contribution is -2.61. The molecule has 5 nitrogen and oxygen atoms in total. The minimum absolute atomic E-state index is 0.0830.